The number of hydrogen-bond donors (Lipinski definition) is 2. The van der Waals surface area contributed by atoms with Crippen molar-refractivity contribution >= 4 is 11.7 Å². The van der Waals surface area contributed by atoms with E-state index in [1.807, 2.05) is 20.2 Å². The first kappa shape index (κ1) is 16.4. The van der Waals surface area contributed by atoms with Gasteiger partial charge < -0.3 is 15.5 Å². The fraction of sp³-hybridized carbons (Fsp3) is 0.600. The zero-order valence-electron chi connectivity index (χ0n) is 12.8. The van der Waals surface area contributed by atoms with Gasteiger partial charge in [0.2, 0.25) is 0 Å². The highest BCUT2D eigenvalue weighted by atomic mass is 16.1. The standard InChI is InChI=1S/C15H26N4O/c1-4-5-6-9-17-15(20)13-7-8-14(18-12-13)16-10-11-19(2)3/h7-8,12H,4-6,9-11H2,1-3H3,(H,16,18)(H,17,20). The minimum atomic E-state index is -0.0477. The van der Waals surface area contributed by atoms with Crippen molar-refractivity contribution in [2.75, 3.05) is 39.0 Å². The smallest absolute Gasteiger partial charge is 0.252 e. The lowest BCUT2D eigenvalue weighted by Gasteiger charge is -2.11. The number of nitrogens with one attached hydrogen (secondary N) is 2. The summed E-state index contributed by atoms with van der Waals surface area (Å²) in [5, 5.41) is 6.12. The second-order valence-electron chi connectivity index (χ2n) is 5.13. The average Bonchev–Trinajstić information content (AvgIpc) is 2.44. The highest BCUT2D eigenvalue weighted by Gasteiger charge is 2.05. The van der Waals surface area contributed by atoms with Crippen LogP contribution in [0.2, 0.25) is 0 Å². The average molecular weight is 278 g/mol. The van der Waals surface area contributed by atoms with Crippen LogP contribution in [0.15, 0.2) is 18.3 Å². The number of nitrogens with zero attached hydrogens (tertiary/aromatic N) is 2. The molecule has 2 N–H and O–H groups in total. The molecule has 0 saturated heterocycles. The topological polar surface area (TPSA) is 57.3 Å². The van der Waals surface area contributed by atoms with E-state index < -0.39 is 0 Å². The van der Waals surface area contributed by atoms with Gasteiger partial charge in [0.25, 0.3) is 5.91 Å². The van der Waals surface area contributed by atoms with Gasteiger partial charge in [-0.2, -0.15) is 0 Å². The van der Waals surface area contributed by atoms with Crippen LogP contribution in [0, 0.1) is 0 Å². The molecule has 0 aliphatic carbocycles. The fourth-order valence-corrected chi connectivity index (χ4v) is 1.72. The predicted octanol–water partition coefficient (Wildman–Crippen LogP) is 1.98. The molecular weight excluding hydrogens is 252 g/mol. The van der Waals surface area contributed by atoms with Crippen LogP contribution < -0.4 is 10.6 Å². The van der Waals surface area contributed by atoms with Gasteiger partial charge in [-0.15, -0.1) is 0 Å². The number of amides is 1. The highest BCUT2D eigenvalue weighted by molar-refractivity contribution is 5.93. The van der Waals surface area contributed by atoms with Gasteiger partial charge in [-0.05, 0) is 32.6 Å². The Hall–Kier alpha value is -1.62. The van der Waals surface area contributed by atoms with Crippen molar-refractivity contribution in [1.82, 2.24) is 15.2 Å². The van der Waals surface area contributed by atoms with Crippen LogP contribution in [0.4, 0.5) is 5.82 Å². The van der Waals surface area contributed by atoms with Crippen LogP contribution in [-0.4, -0.2) is 49.5 Å². The second-order valence-corrected chi connectivity index (χ2v) is 5.13. The van der Waals surface area contributed by atoms with Crippen molar-refractivity contribution in [3.05, 3.63) is 23.9 Å². The van der Waals surface area contributed by atoms with E-state index in [1.54, 1.807) is 12.3 Å². The van der Waals surface area contributed by atoms with E-state index in [2.05, 4.69) is 27.4 Å². The summed E-state index contributed by atoms with van der Waals surface area (Å²) in [5.41, 5.74) is 0.611. The maximum Gasteiger partial charge on any atom is 0.252 e. The lowest BCUT2D eigenvalue weighted by molar-refractivity contribution is 0.0952. The molecule has 5 heteroatoms. The SMILES string of the molecule is CCCCCNC(=O)c1ccc(NCCN(C)C)nc1. The van der Waals surface area contributed by atoms with Crippen LogP contribution >= 0.6 is 0 Å². The molecule has 0 radical (unpaired) electrons. The second kappa shape index (κ2) is 9.31. The summed E-state index contributed by atoms with van der Waals surface area (Å²) in [6, 6.07) is 3.65. The molecule has 0 fully saturated rings. The van der Waals surface area contributed by atoms with E-state index in [0.717, 1.165) is 44.7 Å². The van der Waals surface area contributed by atoms with Crippen LogP contribution in [0.25, 0.3) is 0 Å². The van der Waals surface area contributed by atoms with Gasteiger partial charge in [0.1, 0.15) is 5.82 Å². The van der Waals surface area contributed by atoms with E-state index in [9.17, 15) is 4.79 Å². The first-order valence-electron chi connectivity index (χ1n) is 7.26. The monoisotopic (exact) mass is 278 g/mol. The maximum absolute atomic E-state index is 11.8. The Bertz CT molecular complexity index is 389. The number of carbonyl (C=O) groups is 1. The Morgan fingerprint density at radius 1 is 1.25 bits per heavy atom. The third kappa shape index (κ3) is 6.52. The molecule has 1 aromatic heterocycles. The third-order valence-electron chi connectivity index (χ3n) is 2.96. The van der Waals surface area contributed by atoms with Crippen LogP contribution in [-0.2, 0) is 0 Å². The van der Waals surface area contributed by atoms with Crippen molar-refractivity contribution in [2.24, 2.45) is 0 Å². The van der Waals surface area contributed by atoms with E-state index in [1.165, 1.54) is 0 Å². The summed E-state index contributed by atoms with van der Waals surface area (Å²) in [7, 11) is 4.06. The molecule has 1 amide bonds. The van der Waals surface area contributed by atoms with Crippen molar-refractivity contribution in [3.63, 3.8) is 0 Å². The normalized spacial score (nSPS) is 10.6. The van der Waals surface area contributed by atoms with Crippen molar-refractivity contribution in [2.45, 2.75) is 26.2 Å². The first-order valence-corrected chi connectivity index (χ1v) is 7.26. The Morgan fingerprint density at radius 3 is 2.65 bits per heavy atom. The molecule has 0 atom stereocenters. The molecule has 1 heterocycles. The van der Waals surface area contributed by atoms with Crippen molar-refractivity contribution in [1.29, 1.82) is 0 Å². The minimum Gasteiger partial charge on any atom is -0.369 e. The van der Waals surface area contributed by atoms with Gasteiger partial charge in [0, 0.05) is 25.8 Å². The number of hydrogen-bond acceptors (Lipinski definition) is 4. The van der Waals surface area contributed by atoms with E-state index in [4.69, 9.17) is 0 Å². The largest absolute Gasteiger partial charge is 0.369 e. The molecule has 1 rings (SSSR count). The maximum atomic E-state index is 11.8. The van der Waals surface area contributed by atoms with Crippen molar-refractivity contribution in [3.8, 4) is 0 Å². The van der Waals surface area contributed by atoms with Gasteiger partial charge in [-0.3, -0.25) is 4.79 Å². The predicted molar refractivity (Wildman–Crippen MR) is 83.1 cm³/mol. The molecule has 0 spiro atoms. The summed E-state index contributed by atoms with van der Waals surface area (Å²) in [6.45, 7) is 4.66. The Morgan fingerprint density at radius 2 is 2.05 bits per heavy atom. The molecule has 0 aliphatic rings. The summed E-state index contributed by atoms with van der Waals surface area (Å²) in [5.74, 6) is 0.753. The number of pyridine rings is 1. The van der Waals surface area contributed by atoms with E-state index >= 15 is 0 Å². The Kier molecular flexibility index (Phi) is 7.65. The fourth-order valence-electron chi connectivity index (χ4n) is 1.72. The highest BCUT2D eigenvalue weighted by Crippen LogP contribution is 2.05. The summed E-state index contributed by atoms with van der Waals surface area (Å²) in [4.78, 5) is 18.2. The molecule has 20 heavy (non-hydrogen) atoms. The van der Waals surface area contributed by atoms with E-state index in [0.29, 0.717) is 5.56 Å². The summed E-state index contributed by atoms with van der Waals surface area (Å²) in [6.07, 6.45) is 4.95. The molecule has 112 valence electrons. The van der Waals surface area contributed by atoms with Gasteiger partial charge in [-0.1, -0.05) is 19.8 Å². The molecular formula is C15H26N4O. The van der Waals surface area contributed by atoms with Crippen molar-refractivity contribution < 1.29 is 4.79 Å². The molecule has 5 nitrogen and oxygen atoms in total. The Balaban J connectivity index is 2.35. The first-order chi connectivity index (χ1) is 9.63. The zero-order chi connectivity index (χ0) is 14.8. The van der Waals surface area contributed by atoms with Crippen LogP contribution in [0.5, 0.6) is 0 Å². The molecule has 1 aromatic rings. The van der Waals surface area contributed by atoms with Gasteiger partial charge in [-0.25, -0.2) is 4.98 Å². The van der Waals surface area contributed by atoms with Gasteiger partial charge >= 0.3 is 0 Å². The lowest BCUT2D eigenvalue weighted by Crippen LogP contribution is -2.24. The quantitative estimate of drug-likeness (QED) is 0.678. The molecule has 0 saturated carbocycles. The summed E-state index contributed by atoms with van der Waals surface area (Å²) >= 11 is 0. The van der Waals surface area contributed by atoms with Crippen LogP contribution in [0.1, 0.15) is 36.5 Å². The molecule has 0 unspecified atom stereocenters. The number of likely N-dealkylation sites (N-methyl/N-ethyl adjacent to an activating group) is 1. The van der Waals surface area contributed by atoms with Gasteiger partial charge in [0.15, 0.2) is 0 Å². The number of rotatable bonds is 9. The summed E-state index contributed by atoms with van der Waals surface area (Å²) < 4.78 is 0. The number of carbonyl (C=O) groups excluding carboxylic acids is 1. The lowest BCUT2D eigenvalue weighted by atomic mass is 10.2. The molecule has 0 bridgehead atoms. The number of aromatic nitrogens is 1. The number of unbranched alkanes of at least 4 members (excludes halogenated alkanes) is 2. The zero-order valence-corrected chi connectivity index (χ0v) is 12.8. The molecule has 0 aliphatic heterocycles. The van der Waals surface area contributed by atoms with E-state index in [-0.39, 0.29) is 5.91 Å². The van der Waals surface area contributed by atoms with Crippen LogP contribution in [0.3, 0.4) is 0 Å². The minimum absolute atomic E-state index is 0.0477. The van der Waals surface area contributed by atoms with Gasteiger partial charge in [0.05, 0.1) is 5.56 Å². The third-order valence-corrected chi connectivity index (χ3v) is 2.96. The Labute approximate surface area is 121 Å². The molecule has 0 aromatic carbocycles. The number of anilines is 1.